The van der Waals surface area contributed by atoms with Crippen LogP contribution in [-0.2, 0) is 23.9 Å². The van der Waals surface area contributed by atoms with Gasteiger partial charge in [0.15, 0.2) is 0 Å². The van der Waals surface area contributed by atoms with E-state index in [0.29, 0.717) is 19.6 Å². The lowest BCUT2D eigenvalue weighted by Gasteiger charge is -2.16. The lowest BCUT2D eigenvalue weighted by atomic mass is 10.2. The quantitative estimate of drug-likeness (QED) is 0.253. The van der Waals surface area contributed by atoms with E-state index in [0.717, 1.165) is 31.2 Å². The molecule has 0 fully saturated rings. The molecular formula is C14H29NO5S. The number of oxime groups is 1. The molecule has 0 unspecified atom stereocenters. The van der Waals surface area contributed by atoms with E-state index in [-0.39, 0.29) is 12.2 Å². The molecule has 0 bridgehead atoms. The molecule has 0 spiro atoms. The van der Waals surface area contributed by atoms with Gasteiger partial charge < -0.3 is 9.57 Å². The molecule has 0 atom stereocenters. The first-order chi connectivity index (χ1) is 9.64. The summed E-state index contributed by atoms with van der Waals surface area (Å²) in [7, 11) is -3.32. The zero-order valence-electron chi connectivity index (χ0n) is 13.8. The van der Waals surface area contributed by atoms with Crippen LogP contribution < -0.4 is 0 Å². The van der Waals surface area contributed by atoms with Crippen LogP contribution in [0.2, 0.25) is 0 Å². The predicted molar refractivity (Wildman–Crippen MR) is 84.0 cm³/mol. The summed E-state index contributed by atoms with van der Waals surface area (Å²) in [5.74, 6) is 0. The molecule has 0 N–H and O–H groups in total. The highest BCUT2D eigenvalue weighted by molar-refractivity contribution is 7.85. The Hall–Kier alpha value is -0.660. The van der Waals surface area contributed by atoms with Crippen molar-refractivity contribution < 1.29 is 22.2 Å². The summed E-state index contributed by atoms with van der Waals surface area (Å²) in [6.07, 6.45) is 4.29. The van der Waals surface area contributed by atoms with E-state index >= 15 is 0 Å². The molecule has 0 heterocycles. The molecule has 126 valence electrons. The Morgan fingerprint density at radius 3 is 2.24 bits per heavy atom. The molecule has 0 saturated heterocycles. The van der Waals surface area contributed by atoms with Crippen molar-refractivity contribution in [1.82, 2.24) is 0 Å². The predicted octanol–water partition coefficient (Wildman–Crippen LogP) is 2.73. The van der Waals surface area contributed by atoms with E-state index in [2.05, 4.69) is 9.34 Å². The number of hydrogen-bond donors (Lipinski definition) is 0. The van der Waals surface area contributed by atoms with Crippen LogP contribution in [0.4, 0.5) is 0 Å². The first-order valence-corrected chi connectivity index (χ1v) is 9.12. The van der Waals surface area contributed by atoms with Crippen molar-refractivity contribution >= 4 is 15.8 Å². The average Bonchev–Trinajstić information content (AvgIpc) is 2.33. The fourth-order valence-electron chi connectivity index (χ4n) is 1.28. The Morgan fingerprint density at radius 1 is 1.10 bits per heavy atom. The van der Waals surface area contributed by atoms with Crippen molar-refractivity contribution in [3.8, 4) is 0 Å². The lowest BCUT2D eigenvalue weighted by molar-refractivity contribution is -0.000917. The largest absolute Gasteiger partial charge is 0.390 e. The SMILES string of the molecule is CCC(COCCCCCOS(C)(=O)=O)=NOC(C)(C)C. The third kappa shape index (κ3) is 15.5. The highest BCUT2D eigenvalue weighted by atomic mass is 32.2. The van der Waals surface area contributed by atoms with Crippen LogP contribution in [0.1, 0.15) is 53.4 Å². The van der Waals surface area contributed by atoms with Gasteiger partial charge in [0.1, 0.15) is 5.60 Å². The number of hydrogen-bond acceptors (Lipinski definition) is 6. The number of rotatable bonds is 11. The van der Waals surface area contributed by atoms with Gasteiger partial charge in [0.25, 0.3) is 10.1 Å². The fourth-order valence-corrected chi connectivity index (χ4v) is 1.70. The van der Waals surface area contributed by atoms with Crippen molar-refractivity contribution in [2.24, 2.45) is 5.16 Å². The maximum atomic E-state index is 10.7. The van der Waals surface area contributed by atoms with Gasteiger partial charge in [-0.25, -0.2) is 0 Å². The average molecular weight is 323 g/mol. The van der Waals surface area contributed by atoms with Gasteiger partial charge in [-0.15, -0.1) is 0 Å². The first-order valence-electron chi connectivity index (χ1n) is 7.30. The molecule has 21 heavy (non-hydrogen) atoms. The topological polar surface area (TPSA) is 74.2 Å². The van der Waals surface area contributed by atoms with Crippen LogP contribution in [0.3, 0.4) is 0 Å². The maximum Gasteiger partial charge on any atom is 0.264 e. The molecule has 0 aromatic rings. The van der Waals surface area contributed by atoms with Gasteiger partial charge in [-0.3, -0.25) is 4.18 Å². The third-order valence-electron chi connectivity index (χ3n) is 2.36. The molecule has 6 nitrogen and oxygen atoms in total. The lowest BCUT2D eigenvalue weighted by Crippen LogP contribution is -2.18. The zero-order chi connectivity index (χ0) is 16.4. The molecule has 0 aromatic heterocycles. The van der Waals surface area contributed by atoms with E-state index in [9.17, 15) is 8.42 Å². The van der Waals surface area contributed by atoms with E-state index in [4.69, 9.17) is 9.57 Å². The van der Waals surface area contributed by atoms with E-state index in [1.165, 1.54) is 0 Å². The Labute approximate surface area is 129 Å². The summed E-state index contributed by atoms with van der Waals surface area (Å²) in [5.41, 5.74) is 0.588. The number of unbranched alkanes of at least 4 members (excludes halogenated alkanes) is 2. The summed E-state index contributed by atoms with van der Waals surface area (Å²) < 4.78 is 31.6. The van der Waals surface area contributed by atoms with Gasteiger partial charge in [-0.05, 0) is 46.5 Å². The highest BCUT2D eigenvalue weighted by Crippen LogP contribution is 2.07. The second kappa shape index (κ2) is 10.1. The molecule has 0 aromatic carbocycles. The minimum Gasteiger partial charge on any atom is -0.390 e. The van der Waals surface area contributed by atoms with Gasteiger partial charge in [-0.1, -0.05) is 12.1 Å². The first kappa shape index (κ1) is 20.3. The zero-order valence-corrected chi connectivity index (χ0v) is 14.7. The van der Waals surface area contributed by atoms with Crippen molar-refractivity contribution in [3.63, 3.8) is 0 Å². The Bertz CT molecular complexity index is 398. The second-order valence-corrected chi connectivity index (χ2v) is 7.50. The molecule has 0 aliphatic carbocycles. The van der Waals surface area contributed by atoms with Crippen LogP contribution in [0.25, 0.3) is 0 Å². The van der Waals surface area contributed by atoms with E-state index < -0.39 is 10.1 Å². The second-order valence-electron chi connectivity index (χ2n) is 5.85. The smallest absolute Gasteiger partial charge is 0.264 e. The Balaban J connectivity index is 3.65. The van der Waals surface area contributed by atoms with Crippen LogP contribution in [-0.4, -0.2) is 45.8 Å². The van der Waals surface area contributed by atoms with Gasteiger partial charge >= 0.3 is 0 Å². The highest BCUT2D eigenvalue weighted by Gasteiger charge is 2.10. The minimum atomic E-state index is -3.32. The van der Waals surface area contributed by atoms with Gasteiger partial charge in [0.2, 0.25) is 0 Å². The number of ether oxygens (including phenoxy) is 1. The summed E-state index contributed by atoms with van der Waals surface area (Å²) >= 11 is 0. The van der Waals surface area contributed by atoms with Crippen LogP contribution in [0, 0.1) is 0 Å². The van der Waals surface area contributed by atoms with Gasteiger partial charge in [0, 0.05) is 6.61 Å². The molecular weight excluding hydrogens is 294 g/mol. The van der Waals surface area contributed by atoms with Crippen molar-refractivity contribution in [2.75, 3.05) is 26.1 Å². The summed E-state index contributed by atoms with van der Waals surface area (Å²) in [6, 6.07) is 0. The normalized spacial score (nSPS) is 13.5. The van der Waals surface area contributed by atoms with Crippen LogP contribution >= 0.6 is 0 Å². The molecule has 7 heteroatoms. The van der Waals surface area contributed by atoms with Crippen molar-refractivity contribution in [1.29, 1.82) is 0 Å². The van der Waals surface area contributed by atoms with E-state index in [1.54, 1.807) is 0 Å². The molecule has 0 amide bonds. The molecule has 0 rings (SSSR count). The van der Waals surface area contributed by atoms with Gasteiger partial charge in [-0.2, -0.15) is 8.42 Å². The minimum absolute atomic E-state index is 0.236. The summed E-state index contributed by atoms with van der Waals surface area (Å²) in [4.78, 5) is 5.36. The monoisotopic (exact) mass is 323 g/mol. The molecule has 0 saturated carbocycles. The van der Waals surface area contributed by atoms with E-state index in [1.807, 2.05) is 27.7 Å². The third-order valence-corrected chi connectivity index (χ3v) is 2.95. The van der Waals surface area contributed by atoms with Crippen LogP contribution in [0.15, 0.2) is 5.16 Å². The summed E-state index contributed by atoms with van der Waals surface area (Å²) in [6.45, 7) is 9.17. The molecule has 0 aliphatic rings. The summed E-state index contributed by atoms with van der Waals surface area (Å²) in [5, 5.41) is 4.09. The Kier molecular flexibility index (Phi) is 9.81. The molecule has 0 radical (unpaired) electrons. The maximum absolute atomic E-state index is 10.7. The molecule has 0 aliphatic heterocycles. The van der Waals surface area contributed by atoms with Gasteiger partial charge in [0.05, 0.1) is 25.2 Å². The van der Waals surface area contributed by atoms with Crippen molar-refractivity contribution in [3.05, 3.63) is 0 Å². The fraction of sp³-hybridized carbons (Fsp3) is 0.929. The number of nitrogens with zero attached hydrogens (tertiary/aromatic N) is 1. The standard InChI is InChI=1S/C14H29NO5S/c1-6-13(15-20-14(2,3)4)12-18-10-8-7-9-11-19-21(5,16)17/h6-12H2,1-5H3. The van der Waals surface area contributed by atoms with Crippen LogP contribution in [0.5, 0.6) is 0 Å². The van der Waals surface area contributed by atoms with Crippen molar-refractivity contribution in [2.45, 2.75) is 59.0 Å². The Morgan fingerprint density at radius 2 is 1.71 bits per heavy atom.